The molecule has 1 heterocycles. The van der Waals surface area contributed by atoms with Gasteiger partial charge in [-0.15, -0.1) is 0 Å². The minimum Gasteiger partial charge on any atom is -0.468 e. The number of likely N-dealkylation sites (N-methyl/N-ethyl adjacent to an activating group) is 1. The summed E-state index contributed by atoms with van der Waals surface area (Å²) in [4.78, 5) is 26.3. The number of hydrogen-bond acceptors (Lipinski definition) is 5. The van der Waals surface area contributed by atoms with Crippen molar-refractivity contribution in [3.05, 3.63) is 29.3 Å². The molecule has 1 aromatic carbocycles. The first-order valence-corrected chi connectivity index (χ1v) is 5.96. The quantitative estimate of drug-likeness (QED) is 0.589. The lowest BCUT2D eigenvalue weighted by Gasteiger charge is -2.24. The first kappa shape index (κ1) is 13.4. The van der Waals surface area contributed by atoms with Gasteiger partial charge < -0.3 is 14.4 Å². The average Bonchev–Trinajstić information content (AvgIpc) is 2.70. The van der Waals surface area contributed by atoms with Crippen LogP contribution in [0.5, 0.6) is 0 Å². The molecule has 0 fully saturated rings. The molecule has 5 heteroatoms. The molecule has 0 N–H and O–H groups in total. The lowest BCUT2D eigenvalue weighted by atomic mass is 9.81. The molecule has 0 atom stereocenters. The van der Waals surface area contributed by atoms with Gasteiger partial charge in [-0.05, 0) is 13.0 Å². The van der Waals surface area contributed by atoms with E-state index in [4.69, 9.17) is 9.47 Å². The molecule has 1 aliphatic rings. The molecule has 0 radical (unpaired) electrons. The molecule has 0 spiro atoms. The summed E-state index contributed by atoms with van der Waals surface area (Å²) in [5.41, 5.74) is 1.08. The third kappa shape index (κ3) is 1.77. The zero-order valence-corrected chi connectivity index (χ0v) is 11.5. The number of esters is 2. The molecule has 1 aliphatic heterocycles. The minimum atomic E-state index is -1.39. The molecule has 19 heavy (non-hydrogen) atoms. The summed E-state index contributed by atoms with van der Waals surface area (Å²) < 4.78 is 9.68. The third-order valence-electron chi connectivity index (χ3n) is 3.57. The van der Waals surface area contributed by atoms with Crippen LogP contribution in [0, 0.1) is 6.92 Å². The molecular weight excluding hydrogens is 246 g/mol. The highest BCUT2D eigenvalue weighted by Crippen LogP contribution is 2.42. The van der Waals surface area contributed by atoms with Gasteiger partial charge >= 0.3 is 11.9 Å². The van der Waals surface area contributed by atoms with E-state index in [1.807, 2.05) is 37.1 Å². The number of anilines is 1. The Bertz CT molecular complexity index is 522. The van der Waals surface area contributed by atoms with Gasteiger partial charge in [-0.25, -0.2) is 0 Å². The Hall–Kier alpha value is -2.04. The zero-order chi connectivity index (χ0) is 14.2. The Morgan fingerprint density at radius 3 is 2.32 bits per heavy atom. The molecule has 0 saturated carbocycles. The number of benzene rings is 1. The van der Waals surface area contributed by atoms with E-state index in [0.717, 1.165) is 11.3 Å². The molecule has 5 nitrogen and oxygen atoms in total. The predicted molar refractivity (Wildman–Crippen MR) is 70.2 cm³/mol. The minimum absolute atomic E-state index is 0.227. The largest absolute Gasteiger partial charge is 0.468 e. The molecule has 0 unspecified atom stereocenters. The van der Waals surface area contributed by atoms with Crippen molar-refractivity contribution in [3.63, 3.8) is 0 Å². The maximum Gasteiger partial charge on any atom is 0.329 e. The van der Waals surface area contributed by atoms with Gasteiger partial charge in [-0.2, -0.15) is 0 Å². The van der Waals surface area contributed by atoms with Crippen molar-refractivity contribution in [2.45, 2.75) is 12.3 Å². The third-order valence-corrected chi connectivity index (χ3v) is 3.57. The lowest BCUT2D eigenvalue weighted by molar-refractivity contribution is -0.161. The van der Waals surface area contributed by atoms with Crippen molar-refractivity contribution >= 4 is 17.6 Å². The van der Waals surface area contributed by atoms with Crippen LogP contribution in [0.2, 0.25) is 0 Å². The van der Waals surface area contributed by atoms with E-state index in [9.17, 15) is 9.59 Å². The fraction of sp³-hybridized carbons (Fsp3) is 0.429. The smallest absolute Gasteiger partial charge is 0.329 e. The number of nitrogens with zero attached hydrogens (tertiary/aromatic N) is 1. The van der Waals surface area contributed by atoms with Crippen LogP contribution in [0.15, 0.2) is 18.2 Å². The van der Waals surface area contributed by atoms with Gasteiger partial charge in [0.15, 0.2) is 0 Å². The lowest BCUT2D eigenvalue weighted by Crippen LogP contribution is -2.48. The van der Waals surface area contributed by atoms with Crippen LogP contribution in [-0.4, -0.2) is 39.8 Å². The molecule has 0 aliphatic carbocycles. The highest BCUT2D eigenvalue weighted by atomic mass is 16.5. The molecule has 0 saturated heterocycles. The Kier molecular flexibility index (Phi) is 3.22. The van der Waals surface area contributed by atoms with E-state index in [1.54, 1.807) is 0 Å². The summed E-state index contributed by atoms with van der Waals surface area (Å²) in [5, 5.41) is 0. The Morgan fingerprint density at radius 1 is 1.21 bits per heavy atom. The second kappa shape index (κ2) is 4.57. The SMILES string of the molecule is COC(=O)C1(C(=O)OC)CN(C)c2ccc(C)cc21. The van der Waals surface area contributed by atoms with Crippen LogP contribution in [-0.2, 0) is 24.5 Å². The van der Waals surface area contributed by atoms with Crippen molar-refractivity contribution in [3.8, 4) is 0 Å². The summed E-state index contributed by atoms with van der Waals surface area (Å²) in [6, 6.07) is 5.69. The first-order valence-electron chi connectivity index (χ1n) is 5.96. The van der Waals surface area contributed by atoms with Gasteiger partial charge in [0.25, 0.3) is 0 Å². The molecular formula is C14H17NO4. The number of rotatable bonds is 2. The standard InChI is InChI=1S/C14H17NO4/c1-9-5-6-11-10(7-9)14(8-15(11)2,12(16)18-3)13(17)19-4/h5-7H,8H2,1-4H3. The van der Waals surface area contributed by atoms with Crippen molar-refractivity contribution in [2.75, 3.05) is 32.7 Å². The fourth-order valence-electron chi connectivity index (χ4n) is 2.63. The van der Waals surface area contributed by atoms with Gasteiger partial charge in [0.2, 0.25) is 5.41 Å². The number of carbonyl (C=O) groups is 2. The molecule has 2 rings (SSSR count). The Morgan fingerprint density at radius 2 is 1.79 bits per heavy atom. The van der Waals surface area contributed by atoms with Crippen LogP contribution in [0.1, 0.15) is 11.1 Å². The molecule has 0 aromatic heterocycles. The van der Waals surface area contributed by atoms with Gasteiger partial charge in [-0.1, -0.05) is 17.7 Å². The second-order valence-corrected chi connectivity index (χ2v) is 4.77. The van der Waals surface area contributed by atoms with E-state index >= 15 is 0 Å². The van der Waals surface area contributed by atoms with Gasteiger partial charge in [0.1, 0.15) is 0 Å². The van der Waals surface area contributed by atoms with Crippen molar-refractivity contribution < 1.29 is 19.1 Å². The summed E-state index contributed by atoms with van der Waals surface area (Å²) in [6.07, 6.45) is 0. The van der Waals surface area contributed by atoms with E-state index in [2.05, 4.69) is 0 Å². The number of carbonyl (C=O) groups excluding carboxylic acids is 2. The Balaban J connectivity index is 2.69. The predicted octanol–water partition coefficient (Wildman–Crippen LogP) is 1.03. The van der Waals surface area contributed by atoms with E-state index in [0.29, 0.717) is 5.56 Å². The van der Waals surface area contributed by atoms with E-state index < -0.39 is 17.4 Å². The maximum absolute atomic E-state index is 12.2. The second-order valence-electron chi connectivity index (χ2n) is 4.77. The Labute approximate surface area is 112 Å². The average molecular weight is 263 g/mol. The summed E-state index contributed by atoms with van der Waals surface area (Å²) >= 11 is 0. The van der Waals surface area contributed by atoms with Gasteiger partial charge in [-0.3, -0.25) is 9.59 Å². The van der Waals surface area contributed by atoms with Crippen LogP contribution in [0.4, 0.5) is 5.69 Å². The zero-order valence-electron chi connectivity index (χ0n) is 11.5. The summed E-state index contributed by atoms with van der Waals surface area (Å²) in [7, 11) is 4.39. The molecule has 1 aromatic rings. The van der Waals surface area contributed by atoms with Crippen molar-refractivity contribution in [1.29, 1.82) is 0 Å². The van der Waals surface area contributed by atoms with Crippen LogP contribution < -0.4 is 4.90 Å². The number of ether oxygens (including phenoxy) is 2. The normalized spacial score (nSPS) is 15.9. The molecule has 102 valence electrons. The number of fused-ring (bicyclic) bond motifs is 1. The number of methoxy groups -OCH3 is 2. The first-order chi connectivity index (χ1) is 8.97. The van der Waals surface area contributed by atoms with Crippen LogP contribution in [0.3, 0.4) is 0 Å². The van der Waals surface area contributed by atoms with Crippen LogP contribution >= 0.6 is 0 Å². The van der Waals surface area contributed by atoms with Gasteiger partial charge in [0.05, 0.1) is 14.2 Å². The monoisotopic (exact) mass is 263 g/mol. The van der Waals surface area contributed by atoms with Gasteiger partial charge in [0, 0.05) is 24.8 Å². The topological polar surface area (TPSA) is 55.8 Å². The maximum atomic E-state index is 12.2. The van der Waals surface area contributed by atoms with Crippen LogP contribution in [0.25, 0.3) is 0 Å². The highest BCUT2D eigenvalue weighted by molar-refractivity contribution is 6.10. The molecule has 0 bridgehead atoms. The number of aryl methyl sites for hydroxylation is 1. The fourth-order valence-corrected chi connectivity index (χ4v) is 2.63. The van der Waals surface area contributed by atoms with E-state index in [1.165, 1.54) is 14.2 Å². The number of hydrogen-bond donors (Lipinski definition) is 0. The highest BCUT2D eigenvalue weighted by Gasteiger charge is 2.56. The van der Waals surface area contributed by atoms with Crippen molar-refractivity contribution in [1.82, 2.24) is 0 Å². The summed E-state index contributed by atoms with van der Waals surface area (Å²) in [6.45, 7) is 2.14. The summed E-state index contributed by atoms with van der Waals surface area (Å²) in [5.74, 6) is -1.17. The van der Waals surface area contributed by atoms with E-state index in [-0.39, 0.29) is 6.54 Å². The molecule has 0 amide bonds. The van der Waals surface area contributed by atoms with Crippen molar-refractivity contribution in [2.24, 2.45) is 0 Å².